The fourth-order valence-corrected chi connectivity index (χ4v) is 2.63. The molecule has 1 aliphatic heterocycles. The van der Waals surface area contributed by atoms with E-state index in [0.717, 1.165) is 29.5 Å². The minimum Gasteiger partial charge on any atom is -0.338 e. The minimum absolute atomic E-state index is 0.152. The van der Waals surface area contributed by atoms with Crippen LogP contribution in [0.4, 0.5) is 0 Å². The van der Waals surface area contributed by atoms with Crippen molar-refractivity contribution in [1.82, 2.24) is 4.90 Å². The maximum Gasteiger partial charge on any atom is 0.255 e. The lowest BCUT2D eigenvalue weighted by Crippen LogP contribution is -2.39. The van der Waals surface area contributed by atoms with Gasteiger partial charge in [-0.2, -0.15) is 0 Å². The Hall–Kier alpha value is -0.830. The van der Waals surface area contributed by atoms with Crippen molar-refractivity contribution in [3.63, 3.8) is 0 Å². The van der Waals surface area contributed by atoms with Gasteiger partial charge in [0.1, 0.15) is 0 Å². The number of amides is 1. The summed E-state index contributed by atoms with van der Waals surface area (Å²) in [4.78, 5) is 14.2. The van der Waals surface area contributed by atoms with Crippen LogP contribution in [0.1, 0.15) is 30.1 Å². The number of likely N-dealkylation sites (tertiary alicyclic amines) is 1. The molecule has 2 rings (SSSR count). The Kier molecular flexibility index (Phi) is 3.64. The Labute approximate surface area is 105 Å². The number of piperidine rings is 1. The number of rotatable bonds is 1. The normalized spacial score (nSPS) is 20.9. The van der Waals surface area contributed by atoms with Crippen molar-refractivity contribution >= 4 is 21.8 Å². The molecule has 3 heteroatoms. The number of hydrogen-bond acceptors (Lipinski definition) is 1. The second kappa shape index (κ2) is 5.00. The van der Waals surface area contributed by atoms with Crippen LogP contribution in [0.15, 0.2) is 28.7 Å². The minimum atomic E-state index is 0.152. The lowest BCUT2D eigenvalue weighted by molar-refractivity contribution is 0.0682. The number of hydrogen-bond donors (Lipinski definition) is 0. The van der Waals surface area contributed by atoms with Crippen molar-refractivity contribution in [2.24, 2.45) is 5.92 Å². The number of halogens is 1. The van der Waals surface area contributed by atoms with Crippen molar-refractivity contribution in [3.8, 4) is 0 Å². The van der Waals surface area contributed by atoms with E-state index in [4.69, 9.17) is 0 Å². The first-order chi connectivity index (χ1) is 7.68. The van der Waals surface area contributed by atoms with Gasteiger partial charge in [0, 0.05) is 17.6 Å². The Morgan fingerprint density at radius 1 is 1.44 bits per heavy atom. The Bertz CT molecular complexity index is 391. The summed E-state index contributed by atoms with van der Waals surface area (Å²) >= 11 is 3.43. The summed E-state index contributed by atoms with van der Waals surface area (Å²) in [7, 11) is 0. The van der Waals surface area contributed by atoms with E-state index in [9.17, 15) is 4.79 Å². The topological polar surface area (TPSA) is 20.3 Å². The Morgan fingerprint density at radius 2 is 2.19 bits per heavy atom. The van der Waals surface area contributed by atoms with Crippen molar-refractivity contribution in [2.45, 2.75) is 19.8 Å². The van der Waals surface area contributed by atoms with Crippen LogP contribution in [0.5, 0.6) is 0 Å². The molecule has 1 heterocycles. The molecule has 0 aromatic heterocycles. The van der Waals surface area contributed by atoms with E-state index in [2.05, 4.69) is 22.9 Å². The van der Waals surface area contributed by atoms with Crippen molar-refractivity contribution in [2.75, 3.05) is 13.1 Å². The van der Waals surface area contributed by atoms with Crippen LogP contribution in [0.3, 0.4) is 0 Å². The summed E-state index contributed by atoms with van der Waals surface area (Å²) in [6.07, 6.45) is 2.36. The summed E-state index contributed by atoms with van der Waals surface area (Å²) in [6.45, 7) is 3.99. The molecule has 1 fully saturated rings. The molecular formula is C13H16BrNO. The van der Waals surface area contributed by atoms with Gasteiger partial charge in [-0.15, -0.1) is 0 Å². The molecule has 1 aromatic rings. The third-order valence-corrected chi connectivity index (χ3v) is 3.74. The highest BCUT2D eigenvalue weighted by molar-refractivity contribution is 9.10. The van der Waals surface area contributed by atoms with Crippen LogP contribution < -0.4 is 0 Å². The van der Waals surface area contributed by atoms with Gasteiger partial charge in [-0.3, -0.25) is 4.79 Å². The number of carbonyl (C=O) groups is 1. The number of benzene rings is 1. The van der Waals surface area contributed by atoms with Crippen LogP contribution >= 0.6 is 15.9 Å². The molecular weight excluding hydrogens is 266 g/mol. The molecule has 0 bridgehead atoms. The molecule has 0 N–H and O–H groups in total. The number of nitrogens with zero attached hydrogens (tertiary/aromatic N) is 1. The van der Waals surface area contributed by atoms with E-state index in [1.165, 1.54) is 6.42 Å². The second-order valence-corrected chi connectivity index (χ2v) is 5.33. The van der Waals surface area contributed by atoms with Gasteiger partial charge in [-0.05, 0) is 46.8 Å². The molecule has 1 aliphatic rings. The van der Waals surface area contributed by atoms with E-state index < -0.39 is 0 Å². The van der Waals surface area contributed by atoms with Crippen molar-refractivity contribution in [1.29, 1.82) is 0 Å². The Morgan fingerprint density at radius 3 is 2.88 bits per heavy atom. The maximum atomic E-state index is 12.3. The standard InChI is InChI=1S/C13H16BrNO/c1-10-5-4-8-15(9-10)13(16)11-6-2-3-7-12(11)14/h2-3,6-7,10H,4-5,8-9H2,1H3. The zero-order valence-electron chi connectivity index (χ0n) is 9.45. The van der Waals surface area contributed by atoms with Gasteiger partial charge < -0.3 is 4.90 Å². The predicted octanol–water partition coefficient (Wildman–Crippen LogP) is 3.32. The molecule has 0 radical (unpaired) electrons. The molecule has 1 unspecified atom stereocenters. The second-order valence-electron chi connectivity index (χ2n) is 4.48. The van der Waals surface area contributed by atoms with E-state index >= 15 is 0 Å². The zero-order chi connectivity index (χ0) is 11.5. The van der Waals surface area contributed by atoms with Crippen LogP contribution in [0, 0.1) is 5.92 Å². The lowest BCUT2D eigenvalue weighted by atomic mass is 9.99. The molecule has 16 heavy (non-hydrogen) atoms. The third-order valence-electron chi connectivity index (χ3n) is 3.05. The molecule has 0 spiro atoms. The SMILES string of the molecule is CC1CCCN(C(=O)c2ccccc2Br)C1. The summed E-state index contributed by atoms with van der Waals surface area (Å²) in [6, 6.07) is 7.64. The highest BCUT2D eigenvalue weighted by Gasteiger charge is 2.22. The summed E-state index contributed by atoms with van der Waals surface area (Å²) in [5, 5.41) is 0. The average Bonchev–Trinajstić information content (AvgIpc) is 2.29. The lowest BCUT2D eigenvalue weighted by Gasteiger charge is -2.31. The fourth-order valence-electron chi connectivity index (χ4n) is 2.18. The third kappa shape index (κ3) is 2.46. The van der Waals surface area contributed by atoms with Gasteiger partial charge in [0.05, 0.1) is 5.56 Å². The van der Waals surface area contributed by atoms with Crippen LogP contribution in [-0.4, -0.2) is 23.9 Å². The quantitative estimate of drug-likeness (QED) is 0.773. The van der Waals surface area contributed by atoms with Gasteiger partial charge >= 0.3 is 0 Å². The van der Waals surface area contributed by atoms with Gasteiger partial charge in [0.15, 0.2) is 0 Å². The summed E-state index contributed by atoms with van der Waals surface area (Å²) in [5.74, 6) is 0.777. The Balaban J connectivity index is 2.16. The van der Waals surface area contributed by atoms with Gasteiger partial charge in [-0.25, -0.2) is 0 Å². The van der Waals surface area contributed by atoms with Crippen LogP contribution in [0.25, 0.3) is 0 Å². The smallest absolute Gasteiger partial charge is 0.255 e. The van der Waals surface area contributed by atoms with E-state index in [1.807, 2.05) is 29.2 Å². The molecule has 0 aliphatic carbocycles. The summed E-state index contributed by atoms with van der Waals surface area (Å²) < 4.78 is 0.887. The largest absolute Gasteiger partial charge is 0.338 e. The van der Waals surface area contributed by atoms with Gasteiger partial charge in [-0.1, -0.05) is 19.1 Å². The highest BCUT2D eigenvalue weighted by atomic mass is 79.9. The first kappa shape index (κ1) is 11.6. The first-order valence-electron chi connectivity index (χ1n) is 5.72. The monoisotopic (exact) mass is 281 g/mol. The van der Waals surface area contributed by atoms with Gasteiger partial charge in [0.25, 0.3) is 5.91 Å². The zero-order valence-corrected chi connectivity index (χ0v) is 11.0. The first-order valence-corrected chi connectivity index (χ1v) is 6.51. The molecule has 1 amide bonds. The number of carbonyl (C=O) groups excluding carboxylic acids is 1. The summed E-state index contributed by atoms with van der Waals surface area (Å²) in [5.41, 5.74) is 0.775. The van der Waals surface area contributed by atoms with E-state index in [-0.39, 0.29) is 5.91 Å². The maximum absolute atomic E-state index is 12.3. The molecule has 1 saturated heterocycles. The fraction of sp³-hybridized carbons (Fsp3) is 0.462. The molecule has 86 valence electrons. The van der Waals surface area contributed by atoms with Gasteiger partial charge in [0.2, 0.25) is 0 Å². The highest BCUT2D eigenvalue weighted by Crippen LogP contribution is 2.22. The average molecular weight is 282 g/mol. The van der Waals surface area contributed by atoms with E-state index in [1.54, 1.807) is 0 Å². The van der Waals surface area contributed by atoms with Crippen LogP contribution in [-0.2, 0) is 0 Å². The molecule has 2 nitrogen and oxygen atoms in total. The molecule has 1 aromatic carbocycles. The van der Waals surface area contributed by atoms with Crippen molar-refractivity contribution < 1.29 is 4.79 Å². The van der Waals surface area contributed by atoms with Crippen molar-refractivity contribution in [3.05, 3.63) is 34.3 Å². The molecule has 1 atom stereocenters. The van der Waals surface area contributed by atoms with E-state index in [0.29, 0.717) is 5.92 Å². The molecule has 0 saturated carbocycles. The predicted molar refractivity (Wildman–Crippen MR) is 68.4 cm³/mol. The van der Waals surface area contributed by atoms with Crippen LogP contribution in [0.2, 0.25) is 0 Å².